The van der Waals surface area contributed by atoms with Crippen molar-refractivity contribution >= 4 is 44.1 Å². The lowest BCUT2D eigenvalue weighted by Crippen LogP contribution is -2.36. The lowest BCUT2D eigenvalue weighted by atomic mass is 10.1. The minimum atomic E-state index is -5.54. The van der Waals surface area contributed by atoms with Gasteiger partial charge in [0, 0.05) is 36.9 Å². The third-order valence-corrected chi connectivity index (χ3v) is 9.34. The number of rotatable bonds is 5. The molecular weight excluding hydrogens is 533 g/mol. The topological polar surface area (TPSA) is 90.9 Å². The van der Waals surface area contributed by atoms with Crippen molar-refractivity contribution in [3.63, 3.8) is 0 Å². The second-order valence-corrected chi connectivity index (χ2v) is 12.1. The van der Waals surface area contributed by atoms with Gasteiger partial charge in [-0.05, 0) is 80.1 Å². The molecule has 0 radical (unpaired) electrons. The van der Waals surface area contributed by atoms with Gasteiger partial charge in [-0.25, -0.2) is 18.1 Å². The molecule has 0 unspecified atom stereocenters. The number of amides is 3. The van der Waals surface area contributed by atoms with E-state index in [1.807, 2.05) is 24.3 Å². The molecule has 3 aromatic rings. The summed E-state index contributed by atoms with van der Waals surface area (Å²) in [6, 6.07) is 10.9. The Hall–Kier alpha value is -3.67. The van der Waals surface area contributed by atoms with Gasteiger partial charge in [0.25, 0.3) is 15.7 Å². The normalized spacial score (nSPS) is 19.4. The molecule has 3 amide bonds. The SMILES string of the molecule is O=C1N(c2ccc(S(=O)(=O)C(F)(F)F)cc2)C(=O)C2(CC2)N1Cc1ccnc2cc(N3CCCCC3)ccc12. The zero-order valence-electron chi connectivity index (χ0n) is 20.8. The van der Waals surface area contributed by atoms with Gasteiger partial charge < -0.3 is 9.80 Å². The Balaban J connectivity index is 1.28. The Morgan fingerprint density at radius 2 is 1.56 bits per heavy atom. The molecule has 1 aromatic heterocycles. The average Bonchev–Trinajstić information content (AvgIpc) is 3.70. The molecule has 39 heavy (non-hydrogen) atoms. The van der Waals surface area contributed by atoms with Crippen LogP contribution in [0.2, 0.25) is 0 Å². The summed E-state index contributed by atoms with van der Waals surface area (Å²) in [5.74, 6) is -0.468. The van der Waals surface area contributed by atoms with E-state index in [2.05, 4.69) is 9.88 Å². The van der Waals surface area contributed by atoms with Gasteiger partial charge >= 0.3 is 11.5 Å². The fraction of sp³-hybridized carbons (Fsp3) is 0.370. The predicted molar refractivity (Wildman–Crippen MR) is 138 cm³/mol. The quantitative estimate of drug-likeness (QED) is 0.409. The first-order valence-corrected chi connectivity index (χ1v) is 14.2. The summed E-state index contributed by atoms with van der Waals surface area (Å²) in [6.07, 6.45) is 6.14. The molecule has 0 atom stereocenters. The van der Waals surface area contributed by atoms with Crippen molar-refractivity contribution in [1.82, 2.24) is 9.88 Å². The van der Waals surface area contributed by atoms with E-state index in [0.717, 1.165) is 77.3 Å². The van der Waals surface area contributed by atoms with E-state index in [-0.39, 0.29) is 12.2 Å². The van der Waals surface area contributed by atoms with Crippen molar-refractivity contribution in [2.75, 3.05) is 22.9 Å². The monoisotopic (exact) mass is 558 g/mol. The number of carbonyl (C=O) groups excluding carboxylic acids is 2. The maximum Gasteiger partial charge on any atom is 0.501 e. The molecule has 204 valence electrons. The average molecular weight is 559 g/mol. The fourth-order valence-corrected chi connectivity index (χ4v) is 6.29. The summed E-state index contributed by atoms with van der Waals surface area (Å²) >= 11 is 0. The molecule has 1 aliphatic carbocycles. The summed E-state index contributed by atoms with van der Waals surface area (Å²) in [4.78, 5) is 35.2. The molecule has 8 nitrogen and oxygen atoms in total. The predicted octanol–water partition coefficient (Wildman–Crippen LogP) is 5.02. The van der Waals surface area contributed by atoms with Crippen molar-refractivity contribution in [3.8, 4) is 0 Å². The Morgan fingerprint density at radius 1 is 0.897 bits per heavy atom. The molecule has 1 saturated carbocycles. The summed E-state index contributed by atoms with van der Waals surface area (Å²) in [5.41, 5.74) is -3.74. The van der Waals surface area contributed by atoms with Crippen molar-refractivity contribution in [2.24, 2.45) is 0 Å². The van der Waals surface area contributed by atoms with E-state index in [1.165, 1.54) is 11.3 Å². The molecule has 2 saturated heterocycles. The van der Waals surface area contributed by atoms with E-state index in [1.54, 1.807) is 6.20 Å². The van der Waals surface area contributed by atoms with E-state index < -0.39 is 37.7 Å². The first kappa shape index (κ1) is 25.6. The highest BCUT2D eigenvalue weighted by Gasteiger charge is 2.65. The Kier molecular flexibility index (Phi) is 5.87. The number of piperidine rings is 1. The number of urea groups is 1. The number of imide groups is 1. The maximum atomic E-state index is 13.5. The number of benzene rings is 2. The lowest BCUT2D eigenvalue weighted by Gasteiger charge is -2.29. The summed E-state index contributed by atoms with van der Waals surface area (Å²) < 4.78 is 62.2. The minimum Gasteiger partial charge on any atom is -0.371 e. The standard InChI is InChI=1S/C27H25F3N4O4S/c28-27(29,30)39(37,38)21-7-4-19(5-8-21)34-24(35)26(11-12-26)33(25(34)36)17-18-10-13-31-23-16-20(6-9-22(18)23)32-14-2-1-3-15-32/h4-10,13,16H,1-3,11-12,14-15,17H2. The molecular formula is C27H25F3N4O4S. The highest BCUT2D eigenvalue weighted by atomic mass is 32.2. The largest absolute Gasteiger partial charge is 0.501 e. The van der Waals surface area contributed by atoms with Gasteiger partial charge in [0.2, 0.25) is 0 Å². The van der Waals surface area contributed by atoms with E-state index in [4.69, 9.17) is 0 Å². The molecule has 12 heteroatoms. The van der Waals surface area contributed by atoms with Gasteiger partial charge in [-0.1, -0.05) is 6.07 Å². The first-order valence-electron chi connectivity index (χ1n) is 12.7. The summed E-state index contributed by atoms with van der Waals surface area (Å²) in [7, 11) is -5.54. The fourth-order valence-electron chi connectivity index (χ4n) is 5.52. The van der Waals surface area contributed by atoms with Crippen LogP contribution in [0.4, 0.5) is 29.3 Å². The van der Waals surface area contributed by atoms with Crippen LogP contribution in [0.1, 0.15) is 37.7 Å². The van der Waals surface area contributed by atoms with Crippen LogP contribution in [0, 0.1) is 0 Å². The number of pyridine rings is 1. The molecule has 0 N–H and O–H groups in total. The van der Waals surface area contributed by atoms with Crippen LogP contribution in [0.5, 0.6) is 0 Å². The van der Waals surface area contributed by atoms with Crippen LogP contribution < -0.4 is 9.80 Å². The molecule has 1 spiro atoms. The Morgan fingerprint density at radius 3 is 2.21 bits per heavy atom. The van der Waals surface area contributed by atoms with Crippen LogP contribution in [-0.4, -0.2) is 54.4 Å². The number of halogens is 3. The van der Waals surface area contributed by atoms with Crippen molar-refractivity contribution in [2.45, 2.75) is 54.6 Å². The van der Waals surface area contributed by atoms with Gasteiger partial charge in [-0.2, -0.15) is 13.2 Å². The Labute approximate surface area is 222 Å². The van der Waals surface area contributed by atoms with E-state index in [0.29, 0.717) is 12.8 Å². The number of hydrogen-bond donors (Lipinski definition) is 0. The lowest BCUT2D eigenvalue weighted by molar-refractivity contribution is -0.120. The number of nitrogens with zero attached hydrogens (tertiary/aromatic N) is 4. The van der Waals surface area contributed by atoms with Crippen LogP contribution in [0.15, 0.2) is 59.6 Å². The van der Waals surface area contributed by atoms with Gasteiger partial charge in [-0.15, -0.1) is 0 Å². The molecule has 2 aromatic carbocycles. The minimum absolute atomic E-state index is 0.0191. The van der Waals surface area contributed by atoms with Crippen LogP contribution in [0.3, 0.4) is 0 Å². The second-order valence-electron chi connectivity index (χ2n) is 10.2. The number of hydrogen-bond acceptors (Lipinski definition) is 6. The summed E-state index contributed by atoms with van der Waals surface area (Å²) in [6.45, 7) is 2.15. The first-order chi connectivity index (χ1) is 18.5. The van der Waals surface area contributed by atoms with Crippen LogP contribution in [0.25, 0.3) is 10.9 Å². The van der Waals surface area contributed by atoms with Crippen LogP contribution >= 0.6 is 0 Å². The van der Waals surface area contributed by atoms with Gasteiger partial charge in [-0.3, -0.25) is 9.78 Å². The van der Waals surface area contributed by atoms with Gasteiger partial charge in [0.05, 0.1) is 16.1 Å². The number of aromatic nitrogens is 1. The van der Waals surface area contributed by atoms with Crippen LogP contribution in [-0.2, 0) is 21.2 Å². The molecule has 3 aliphatic rings. The van der Waals surface area contributed by atoms with Crippen molar-refractivity contribution < 1.29 is 31.2 Å². The molecule has 0 bridgehead atoms. The molecule has 3 heterocycles. The number of alkyl halides is 3. The zero-order chi connectivity index (χ0) is 27.6. The Bertz CT molecular complexity index is 1580. The number of anilines is 2. The van der Waals surface area contributed by atoms with Gasteiger partial charge in [0.15, 0.2) is 0 Å². The summed E-state index contributed by atoms with van der Waals surface area (Å²) in [5, 5.41) is 0.870. The highest BCUT2D eigenvalue weighted by molar-refractivity contribution is 7.92. The van der Waals surface area contributed by atoms with E-state index in [9.17, 15) is 31.2 Å². The number of carbonyl (C=O) groups is 2. The zero-order valence-corrected chi connectivity index (χ0v) is 21.6. The number of fused-ring (bicyclic) bond motifs is 1. The highest BCUT2D eigenvalue weighted by Crippen LogP contribution is 2.50. The second kappa shape index (κ2) is 8.94. The van der Waals surface area contributed by atoms with E-state index >= 15 is 0 Å². The van der Waals surface area contributed by atoms with Crippen molar-refractivity contribution in [3.05, 3.63) is 60.3 Å². The molecule has 6 rings (SSSR count). The third kappa shape index (κ3) is 4.12. The maximum absolute atomic E-state index is 13.5. The molecule has 3 fully saturated rings. The smallest absolute Gasteiger partial charge is 0.371 e. The molecule has 2 aliphatic heterocycles. The third-order valence-electron chi connectivity index (χ3n) is 7.84. The number of sulfone groups is 1. The van der Waals surface area contributed by atoms with Crippen molar-refractivity contribution in [1.29, 1.82) is 0 Å². The van der Waals surface area contributed by atoms with Gasteiger partial charge in [0.1, 0.15) is 5.54 Å².